The maximum absolute atomic E-state index is 14.8. The highest BCUT2D eigenvalue weighted by atomic mass is 19.1. The van der Waals surface area contributed by atoms with Crippen molar-refractivity contribution in [1.82, 2.24) is 4.90 Å². The van der Waals surface area contributed by atoms with Crippen molar-refractivity contribution in [1.29, 1.82) is 0 Å². The third-order valence-corrected chi connectivity index (χ3v) is 7.35. The number of rotatable bonds is 9. The van der Waals surface area contributed by atoms with Crippen LogP contribution < -0.4 is 9.47 Å². The summed E-state index contributed by atoms with van der Waals surface area (Å²) in [6, 6.07) is 18.7. The van der Waals surface area contributed by atoms with Crippen LogP contribution in [0.15, 0.2) is 66.7 Å². The van der Waals surface area contributed by atoms with Crippen LogP contribution in [0, 0.1) is 24.6 Å². The van der Waals surface area contributed by atoms with E-state index < -0.39 is 23.9 Å². The molecule has 200 valence electrons. The Morgan fingerprint density at radius 2 is 1.42 bits per heavy atom. The van der Waals surface area contributed by atoms with Gasteiger partial charge in [0.05, 0.1) is 20.3 Å². The largest absolute Gasteiger partial charge is 0.497 e. The average Bonchev–Trinajstić information content (AvgIpc) is 2.93. The number of nitrogens with zero attached hydrogens (tertiary/aromatic N) is 1. The Morgan fingerprint density at radius 1 is 0.921 bits per heavy atom. The van der Waals surface area contributed by atoms with Gasteiger partial charge in [0, 0.05) is 48.5 Å². The fourth-order valence-electron chi connectivity index (χ4n) is 5.55. The van der Waals surface area contributed by atoms with Crippen LogP contribution in [0.4, 0.5) is 4.39 Å². The number of ketones is 2. The second kappa shape index (κ2) is 11.9. The number of hydrogen-bond acceptors (Lipinski definition) is 6. The maximum atomic E-state index is 14.8. The van der Waals surface area contributed by atoms with Crippen LogP contribution in [0.25, 0.3) is 0 Å². The van der Waals surface area contributed by atoms with Crippen molar-refractivity contribution < 1.29 is 28.6 Å². The van der Waals surface area contributed by atoms with E-state index in [-0.39, 0.29) is 17.4 Å². The molecule has 6 nitrogen and oxygen atoms in total. The summed E-state index contributed by atoms with van der Waals surface area (Å²) in [6.07, 6.45) is -0.650. The van der Waals surface area contributed by atoms with E-state index in [0.717, 1.165) is 0 Å². The summed E-state index contributed by atoms with van der Waals surface area (Å²) in [5.41, 5.74) is 1.98. The van der Waals surface area contributed by atoms with Crippen LogP contribution >= 0.6 is 0 Å². The van der Waals surface area contributed by atoms with E-state index >= 15 is 0 Å². The minimum atomic E-state index is -0.658. The summed E-state index contributed by atoms with van der Waals surface area (Å²) >= 11 is 0. The van der Waals surface area contributed by atoms with Gasteiger partial charge in [-0.3, -0.25) is 14.5 Å². The first-order valence-electron chi connectivity index (χ1n) is 12.8. The number of benzene rings is 3. The molecule has 4 atom stereocenters. The predicted molar refractivity (Wildman–Crippen MR) is 144 cm³/mol. The number of likely N-dealkylation sites (tertiary alicyclic amines) is 1. The molecule has 1 heterocycles. The number of hydrogen-bond donors (Lipinski definition) is 1. The molecule has 0 aromatic heterocycles. The second-order valence-electron chi connectivity index (χ2n) is 9.95. The molecule has 1 unspecified atom stereocenters. The van der Waals surface area contributed by atoms with Crippen molar-refractivity contribution in [2.75, 3.05) is 33.9 Å². The van der Waals surface area contributed by atoms with Crippen LogP contribution in [-0.4, -0.2) is 61.5 Å². The lowest BCUT2D eigenvalue weighted by atomic mass is 9.67. The van der Waals surface area contributed by atoms with E-state index in [9.17, 15) is 19.1 Å². The van der Waals surface area contributed by atoms with Gasteiger partial charge in [-0.05, 0) is 55.3 Å². The van der Waals surface area contributed by atoms with Crippen LogP contribution in [0.1, 0.15) is 44.7 Å². The first-order chi connectivity index (χ1) is 18.2. The molecule has 1 aliphatic rings. The standard InChI is InChI=1S/C31H34FNO5/c1-19(34)16-33-17-26(30(35)21-8-5-10-23(14-21)37-3)29(25-12-7-13-28(32)20(25)2)27(18-33)31(36)22-9-6-11-24(15-22)38-4/h5-15,19,26-27,29,34H,16-18H2,1-4H3/t19-,26-,27+,29?/m1/s1. The van der Waals surface area contributed by atoms with Crippen molar-refractivity contribution in [3.63, 3.8) is 0 Å². The molecular weight excluding hydrogens is 485 g/mol. The van der Waals surface area contributed by atoms with Crippen molar-refractivity contribution in [3.8, 4) is 11.5 Å². The molecule has 1 aliphatic heterocycles. The van der Waals surface area contributed by atoms with Crippen molar-refractivity contribution in [2.24, 2.45) is 11.8 Å². The monoisotopic (exact) mass is 519 g/mol. The molecule has 7 heteroatoms. The average molecular weight is 520 g/mol. The fourth-order valence-corrected chi connectivity index (χ4v) is 5.55. The van der Waals surface area contributed by atoms with Gasteiger partial charge >= 0.3 is 0 Å². The molecule has 0 saturated carbocycles. The Morgan fingerprint density at radius 3 is 1.89 bits per heavy atom. The summed E-state index contributed by atoms with van der Waals surface area (Å²) in [4.78, 5) is 30.2. The van der Waals surface area contributed by atoms with Gasteiger partial charge in [0.2, 0.25) is 0 Å². The lowest BCUT2D eigenvalue weighted by molar-refractivity contribution is 0.0432. The molecule has 0 aliphatic carbocycles. The summed E-state index contributed by atoms with van der Waals surface area (Å²) in [6.45, 7) is 4.32. The number of ether oxygens (including phenoxy) is 2. The van der Waals surface area contributed by atoms with Gasteiger partial charge < -0.3 is 14.6 Å². The summed E-state index contributed by atoms with van der Waals surface area (Å²) < 4.78 is 25.5. The summed E-state index contributed by atoms with van der Waals surface area (Å²) in [5, 5.41) is 10.2. The molecule has 3 aromatic carbocycles. The highest BCUT2D eigenvalue weighted by molar-refractivity contribution is 6.02. The van der Waals surface area contributed by atoms with E-state index in [0.29, 0.717) is 53.4 Å². The molecule has 0 bridgehead atoms. The molecule has 1 fully saturated rings. The molecule has 1 saturated heterocycles. The fraction of sp³-hybridized carbons (Fsp3) is 0.355. The van der Waals surface area contributed by atoms with E-state index in [1.165, 1.54) is 20.3 Å². The van der Waals surface area contributed by atoms with Gasteiger partial charge in [-0.2, -0.15) is 0 Å². The van der Waals surface area contributed by atoms with Crippen LogP contribution in [0.3, 0.4) is 0 Å². The highest BCUT2D eigenvalue weighted by Crippen LogP contribution is 2.42. The van der Waals surface area contributed by atoms with Crippen molar-refractivity contribution in [3.05, 3.63) is 94.8 Å². The van der Waals surface area contributed by atoms with Gasteiger partial charge in [-0.25, -0.2) is 4.39 Å². The second-order valence-corrected chi connectivity index (χ2v) is 9.95. The number of aliphatic hydroxyl groups is 1. The number of methoxy groups -OCH3 is 2. The van der Waals surface area contributed by atoms with Crippen LogP contribution in [0.2, 0.25) is 0 Å². The maximum Gasteiger partial charge on any atom is 0.167 e. The lowest BCUT2D eigenvalue weighted by Gasteiger charge is -2.44. The summed E-state index contributed by atoms with van der Waals surface area (Å²) in [5.74, 6) is -1.48. The Kier molecular flexibility index (Phi) is 8.59. The number of halogens is 1. The highest BCUT2D eigenvalue weighted by Gasteiger charge is 2.45. The summed E-state index contributed by atoms with van der Waals surface area (Å²) in [7, 11) is 3.08. The van der Waals surface area contributed by atoms with E-state index in [1.807, 2.05) is 11.0 Å². The Bertz CT molecular complexity index is 1240. The number of β-amino-alcohol motifs (C(OH)–C–C–N with tert-alkyl or cyclic N) is 1. The Balaban J connectivity index is 1.87. The molecule has 38 heavy (non-hydrogen) atoms. The molecule has 0 amide bonds. The van der Waals surface area contributed by atoms with Gasteiger partial charge in [-0.15, -0.1) is 0 Å². The van der Waals surface area contributed by atoms with Crippen molar-refractivity contribution in [2.45, 2.75) is 25.9 Å². The first-order valence-corrected chi connectivity index (χ1v) is 12.8. The zero-order valence-electron chi connectivity index (χ0n) is 22.2. The number of carbonyl (C=O) groups is 2. The SMILES string of the molecule is COc1cccc(C(=O)[C@H]2CN(C[C@@H](C)O)C[C@@H](C(=O)c3cccc(OC)c3)C2c2cccc(F)c2C)c1. The number of aliphatic hydroxyl groups excluding tert-OH is 1. The quantitative estimate of drug-likeness (QED) is 0.404. The van der Waals surface area contributed by atoms with E-state index in [2.05, 4.69) is 0 Å². The first kappa shape index (κ1) is 27.5. The Hall–Kier alpha value is -3.55. The molecule has 4 rings (SSSR count). The lowest BCUT2D eigenvalue weighted by Crippen LogP contribution is -2.52. The number of Topliss-reactive ketones (excluding diaryl/α,β-unsaturated/α-hetero) is 2. The van der Waals surface area contributed by atoms with Crippen LogP contribution in [0.5, 0.6) is 11.5 Å². The van der Waals surface area contributed by atoms with E-state index in [1.54, 1.807) is 68.4 Å². The smallest absolute Gasteiger partial charge is 0.167 e. The van der Waals surface area contributed by atoms with E-state index in [4.69, 9.17) is 9.47 Å². The van der Waals surface area contributed by atoms with Gasteiger partial charge in [0.1, 0.15) is 17.3 Å². The molecular formula is C31H34FNO5. The van der Waals surface area contributed by atoms with Crippen LogP contribution in [-0.2, 0) is 0 Å². The number of piperidine rings is 1. The molecule has 1 N–H and O–H groups in total. The Labute approximate surface area is 223 Å². The third kappa shape index (κ3) is 5.79. The minimum absolute atomic E-state index is 0.156. The minimum Gasteiger partial charge on any atom is -0.497 e. The molecule has 0 spiro atoms. The third-order valence-electron chi connectivity index (χ3n) is 7.35. The van der Waals surface area contributed by atoms with Gasteiger partial charge in [0.15, 0.2) is 11.6 Å². The predicted octanol–water partition coefficient (Wildman–Crippen LogP) is 4.93. The molecule has 3 aromatic rings. The zero-order valence-corrected chi connectivity index (χ0v) is 22.2. The normalized spacial score (nSPS) is 20.5. The van der Waals surface area contributed by atoms with Crippen molar-refractivity contribution >= 4 is 11.6 Å². The number of carbonyl (C=O) groups excluding carboxylic acids is 2. The topological polar surface area (TPSA) is 76.1 Å². The zero-order chi connectivity index (χ0) is 27.4. The van der Waals surface area contributed by atoms with Gasteiger partial charge in [0.25, 0.3) is 0 Å². The molecule has 0 radical (unpaired) electrons. The van der Waals surface area contributed by atoms with Gasteiger partial charge in [-0.1, -0.05) is 36.4 Å².